The van der Waals surface area contributed by atoms with Gasteiger partial charge < -0.3 is 19.7 Å². The minimum atomic E-state index is -0.751. The van der Waals surface area contributed by atoms with Crippen molar-refractivity contribution in [2.75, 3.05) is 25.3 Å². The van der Waals surface area contributed by atoms with Gasteiger partial charge in [-0.15, -0.1) is 11.3 Å². The second-order valence-electron chi connectivity index (χ2n) is 10.8. The zero-order chi connectivity index (χ0) is 31.8. The average molecular weight is 644 g/mol. The number of thiazole rings is 1. The molecule has 1 aliphatic carbocycles. The number of carbonyl (C=O) groups excluding carboxylic acids is 2. The number of thioether (sulfide) groups is 1. The van der Waals surface area contributed by atoms with E-state index in [9.17, 15) is 9.59 Å². The second-order valence-corrected chi connectivity index (χ2v) is 12.7. The van der Waals surface area contributed by atoms with Crippen LogP contribution in [0, 0.1) is 19.8 Å². The molecule has 2 atom stereocenters. The lowest BCUT2D eigenvalue weighted by Crippen LogP contribution is -2.51. The Labute approximate surface area is 272 Å². The van der Waals surface area contributed by atoms with Crippen LogP contribution in [0.4, 0.5) is 5.69 Å². The van der Waals surface area contributed by atoms with E-state index in [0.717, 1.165) is 40.5 Å². The van der Waals surface area contributed by atoms with Crippen molar-refractivity contribution in [2.24, 2.45) is 5.92 Å². The molecule has 11 heteroatoms. The van der Waals surface area contributed by atoms with Gasteiger partial charge in [0.1, 0.15) is 22.5 Å². The summed E-state index contributed by atoms with van der Waals surface area (Å²) in [5, 5.41) is 6.34. The molecule has 1 aliphatic rings. The van der Waals surface area contributed by atoms with Crippen LogP contribution >= 0.6 is 23.1 Å². The van der Waals surface area contributed by atoms with E-state index in [4.69, 9.17) is 14.5 Å². The van der Waals surface area contributed by atoms with Gasteiger partial charge in [0, 0.05) is 28.4 Å². The number of aryl methyl sites for hydroxylation is 2. The number of allylic oxidation sites excluding steroid dienone is 2. The molecule has 2 aromatic heterocycles. The number of amides is 2. The second kappa shape index (κ2) is 15.2. The summed E-state index contributed by atoms with van der Waals surface area (Å²) in [6.07, 6.45) is 6.52. The predicted molar refractivity (Wildman–Crippen MR) is 179 cm³/mol. The number of rotatable bonds is 12. The van der Waals surface area contributed by atoms with Gasteiger partial charge in [-0.25, -0.2) is 15.0 Å². The van der Waals surface area contributed by atoms with Crippen molar-refractivity contribution in [1.82, 2.24) is 19.9 Å². The standard InChI is InChI=1S/C34H37N5O4S2/c1-22-17-23(2)36-34(35-22)45-21-31(40)39(19-30-37-28(20-44-30)24-11-7-5-8-12-24)32(25-13-9-6-10-14-25)33(41)38-27-16-15-26(42-3)18-29(27)43-4/h5-9,11-12,15-18,20,25,32H,10,13-14,19,21H2,1-4H3,(H,38,41). The molecule has 2 heterocycles. The van der Waals surface area contributed by atoms with Crippen molar-refractivity contribution in [3.8, 4) is 22.8 Å². The van der Waals surface area contributed by atoms with Crippen LogP contribution in [-0.2, 0) is 16.1 Å². The maximum atomic E-state index is 14.3. The first-order valence-electron chi connectivity index (χ1n) is 14.8. The zero-order valence-corrected chi connectivity index (χ0v) is 27.5. The maximum Gasteiger partial charge on any atom is 0.247 e. The zero-order valence-electron chi connectivity index (χ0n) is 25.9. The fourth-order valence-electron chi connectivity index (χ4n) is 5.40. The van der Waals surface area contributed by atoms with Crippen LogP contribution in [-0.4, -0.2) is 57.7 Å². The number of benzene rings is 2. The Morgan fingerprint density at radius 3 is 2.49 bits per heavy atom. The van der Waals surface area contributed by atoms with Crippen LogP contribution in [0.25, 0.3) is 11.3 Å². The number of nitrogens with one attached hydrogen (secondary N) is 1. The molecule has 2 amide bonds. The third kappa shape index (κ3) is 8.29. The van der Waals surface area contributed by atoms with Crippen molar-refractivity contribution >= 4 is 40.6 Å². The van der Waals surface area contributed by atoms with Gasteiger partial charge in [0.05, 0.1) is 37.9 Å². The molecule has 4 aromatic rings. The van der Waals surface area contributed by atoms with Crippen LogP contribution < -0.4 is 14.8 Å². The van der Waals surface area contributed by atoms with Crippen LogP contribution in [0.1, 0.15) is 35.7 Å². The summed E-state index contributed by atoms with van der Waals surface area (Å²) in [6.45, 7) is 4.01. The smallest absolute Gasteiger partial charge is 0.247 e. The molecule has 0 radical (unpaired) electrons. The topological polar surface area (TPSA) is 107 Å². The monoisotopic (exact) mass is 643 g/mol. The Morgan fingerprint density at radius 2 is 1.80 bits per heavy atom. The van der Waals surface area contributed by atoms with E-state index in [2.05, 4.69) is 27.4 Å². The van der Waals surface area contributed by atoms with Crippen molar-refractivity contribution < 1.29 is 19.1 Å². The number of aromatic nitrogens is 3. The number of hydrogen-bond donors (Lipinski definition) is 1. The van der Waals surface area contributed by atoms with Crippen LogP contribution in [0.5, 0.6) is 11.5 Å². The lowest BCUT2D eigenvalue weighted by atomic mass is 9.86. The van der Waals surface area contributed by atoms with Crippen molar-refractivity contribution in [1.29, 1.82) is 0 Å². The highest BCUT2D eigenvalue weighted by Gasteiger charge is 2.37. The lowest BCUT2D eigenvalue weighted by Gasteiger charge is -2.36. The van der Waals surface area contributed by atoms with Crippen LogP contribution in [0.3, 0.4) is 0 Å². The summed E-state index contributed by atoms with van der Waals surface area (Å²) in [6, 6.07) is 16.3. The van der Waals surface area contributed by atoms with Crippen LogP contribution in [0.15, 0.2) is 77.3 Å². The molecule has 0 bridgehead atoms. The number of carbonyl (C=O) groups is 2. The maximum absolute atomic E-state index is 14.3. The SMILES string of the molecule is COc1ccc(NC(=O)C(C2CC=CCC2)N(Cc2nc(-c3ccccc3)cs2)C(=O)CSc2nc(C)cc(C)n2)c(OC)c1. The van der Waals surface area contributed by atoms with E-state index in [0.29, 0.717) is 28.8 Å². The van der Waals surface area contributed by atoms with Crippen molar-refractivity contribution in [3.05, 3.63) is 88.5 Å². The first-order chi connectivity index (χ1) is 21.8. The van der Waals surface area contributed by atoms with Gasteiger partial charge in [-0.05, 0) is 57.2 Å². The first kappa shape index (κ1) is 32.2. The molecule has 0 spiro atoms. The van der Waals surface area contributed by atoms with Gasteiger partial charge in [0.2, 0.25) is 11.8 Å². The molecule has 5 rings (SSSR count). The summed E-state index contributed by atoms with van der Waals surface area (Å²) in [7, 11) is 3.12. The predicted octanol–water partition coefficient (Wildman–Crippen LogP) is 6.72. The molecular formula is C34H37N5O4S2. The summed E-state index contributed by atoms with van der Waals surface area (Å²) < 4.78 is 10.9. The summed E-state index contributed by atoms with van der Waals surface area (Å²) in [5.41, 5.74) is 4.02. The Kier molecular flexibility index (Phi) is 10.9. The number of anilines is 1. The Morgan fingerprint density at radius 1 is 1.02 bits per heavy atom. The molecular weight excluding hydrogens is 607 g/mol. The molecule has 0 saturated carbocycles. The highest BCUT2D eigenvalue weighted by atomic mass is 32.2. The molecule has 234 valence electrons. The quantitative estimate of drug-likeness (QED) is 0.103. The van der Waals surface area contributed by atoms with E-state index in [-0.39, 0.29) is 30.0 Å². The summed E-state index contributed by atoms with van der Waals surface area (Å²) >= 11 is 2.76. The van der Waals surface area contributed by atoms with Gasteiger partial charge >= 0.3 is 0 Å². The lowest BCUT2D eigenvalue weighted by molar-refractivity contribution is -0.139. The number of nitrogens with zero attached hydrogens (tertiary/aromatic N) is 4. The average Bonchev–Trinajstić information content (AvgIpc) is 3.53. The minimum Gasteiger partial charge on any atom is -0.497 e. The molecule has 0 aliphatic heterocycles. The van der Waals surface area contributed by atoms with Gasteiger partial charge in [0.25, 0.3) is 0 Å². The number of methoxy groups -OCH3 is 2. The highest BCUT2D eigenvalue weighted by molar-refractivity contribution is 7.99. The molecule has 45 heavy (non-hydrogen) atoms. The van der Waals surface area contributed by atoms with Gasteiger partial charge in [-0.2, -0.15) is 0 Å². The van der Waals surface area contributed by atoms with E-state index in [1.807, 2.05) is 55.6 Å². The van der Waals surface area contributed by atoms with E-state index in [1.54, 1.807) is 37.3 Å². The van der Waals surface area contributed by atoms with Gasteiger partial charge in [0.15, 0.2) is 5.16 Å². The van der Waals surface area contributed by atoms with Crippen molar-refractivity contribution in [2.45, 2.75) is 50.9 Å². The third-order valence-corrected chi connectivity index (χ3v) is 9.23. The molecule has 2 unspecified atom stereocenters. The van der Waals surface area contributed by atoms with Crippen molar-refractivity contribution in [3.63, 3.8) is 0 Å². The molecule has 0 saturated heterocycles. The molecule has 2 aromatic carbocycles. The van der Waals surface area contributed by atoms with E-state index < -0.39 is 6.04 Å². The molecule has 1 N–H and O–H groups in total. The third-order valence-electron chi connectivity index (χ3n) is 7.56. The van der Waals surface area contributed by atoms with E-state index in [1.165, 1.54) is 23.1 Å². The Bertz CT molecular complexity index is 1640. The van der Waals surface area contributed by atoms with Gasteiger partial charge in [-0.3, -0.25) is 9.59 Å². The number of hydrogen-bond acceptors (Lipinski definition) is 9. The summed E-state index contributed by atoms with van der Waals surface area (Å²) in [5.74, 6) is 0.615. The molecule has 0 fully saturated rings. The first-order valence-corrected chi connectivity index (χ1v) is 16.6. The van der Waals surface area contributed by atoms with Gasteiger partial charge in [-0.1, -0.05) is 54.2 Å². The largest absolute Gasteiger partial charge is 0.497 e. The highest BCUT2D eigenvalue weighted by Crippen LogP contribution is 2.33. The fraction of sp³-hybridized carbons (Fsp3) is 0.324. The van der Waals surface area contributed by atoms with E-state index >= 15 is 0 Å². The number of ether oxygens (including phenoxy) is 2. The Balaban J connectivity index is 1.48. The minimum absolute atomic E-state index is 0.0814. The summed E-state index contributed by atoms with van der Waals surface area (Å²) in [4.78, 5) is 44.1. The molecule has 9 nitrogen and oxygen atoms in total. The van der Waals surface area contributed by atoms with Crippen LogP contribution in [0.2, 0.25) is 0 Å². The normalized spacial score (nSPS) is 14.9. The Hall–Kier alpha value is -4.22. The fourth-order valence-corrected chi connectivity index (χ4v) is 7.04.